The molecule has 0 aromatic heterocycles. The van der Waals surface area contributed by atoms with E-state index in [1.165, 1.54) is 12.1 Å². The highest BCUT2D eigenvalue weighted by Gasteiger charge is 2.28. The second kappa shape index (κ2) is 6.42. The van der Waals surface area contributed by atoms with Crippen molar-refractivity contribution in [3.63, 3.8) is 0 Å². The summed E-state index contributed by atoms with van der Waals surface area (Å²) in [6.45, 7) is 10.7. The fourth-order valence-corrected chi connectivity index (χ4v) is 2.83. The molecule has 0 bridgehead atoms. The van der Waals surface area contributed by atoms with Crippen molar-refractivity contribution < 1.29 is 4.39 Å². The van der Waals surface area contributed by atoms with Crippen molar-refractivity contribution in [1.29, 1.82) is 0 Å². The Bertz CT molecular complexity index is 456. The van der Waals surface area contributed by atoms with Crippen LogP contribution in [0.5, 0.6) is 0 Å². The van der Waals surface area contributed by atoms with Crippen LogP contribution in [0.25, 0.3) is 0 Å². The predicted octanol–water partition coefficient (Wildman–Crippen LogP) is 3.69. The molecule has 0 saturated carbocycles. The van der Waals surface area contributed by atoms with E-state index in [9.17, 15) is 4.39 Å². The lowest BCUT2D eigenvalue weighted by atomic mass is 9.86. The van der Waals surface area contributed by atoms with E-state index in [4.69, 9.17) is 11.6 Å². The maximum absolute atomic E-state index is 13.1. The van der Waals surface area contributed by atoms with Crippen molar-refractivity contribution in [3.05, 3.63) is 34.6 Å². The number of rotatable bonds is 2. The van der Waals surface area contributed by atoms with E-state index < -0.39 is 0 Å². The van der Waals surface area contributed by atoms with Gasteiger partial charge >= 0.3 is 0 Å². The first-order valence-electron chi connectivity index (χ1n) is 7.26. The molecule has 1 aromatic carbocycles. The monoisotopic (exact) mass is 298 g/mol. The van der Waals surface area contributed by atoms with Crippen molar-refractivity contribution in [1.82, 2.24) is 10.2 Å². The minimum atomic E-state index is -0.274. The lowest BCUT2D eigenvalue weighted by Crippen LogP contribution is -2.46. The van der Waals surface area contributed by atoms with E-state index >= 15 is 0 Å². The highest BCUT2D eigenvalue weighted by molar-refractivity contribution is 6.31. The molecule has 1 heterocycles. The molecule has 1 saturated heterocycles. The molecule has 0 amide bonds. The van der Waals surface area contributed by atoms with Crippen molar-refractivity contribution in [2.45, 2.75) is 39.8 Å². The first-order valence-corrected chi connectivity index (χ1v) is 7.64. The molecule has 1 fully saturated rings. The lowest BCUT2D eigenvalue weighted by molar-refractivity contribution is 0.192. The third-order valence-electron chi connectivity index (χ3n) is 3.94. The van der Waals surface area contributed by atoms with Crippen molar-refractivity contribution in [2.75, 3.05) is 19.6 Å². The first-order chi connectivity index (χ1) is 9.36. The fourth-order valence-electron chi connectivity index (χ4n) is 2.61. The van der Waals surface area contributed by atoms with Crippen LogP contribution in [0.15, 0.2) is 18.2 Å². The number of nitrogens with zero attached hydrogens (tertiary/aromatic N) is 1. The van der Waals surface area contributed by atoms with E-state index in [1.54, 1.807) is 6.07 Å². The standard InChI is InChI=1S/C16H24ClFN2/c1-16(2,3)15-11-20(8-4-7-19-15)10-12-5-6-13(18)9-14(12)17/h5-6,9,15,19H,4,7-8,10-11H2,1-3H3. The summed E-state index contributed by atoms with van der Waals surface area (Å²) in [6, 6.07) is 5.14. The number of benzene rings is 1. The summed E-state index contributed by atoms with van der Waals surface area (Å²) in [5.74, 6) is -0.274. The maximum Gasteiger partial charge on any atom is 0.124 e. The van der Waals surface area contributed by atoms with Crippen LogP contribution in [-0.2, 0) is 6.54 Å². The van der Waals surface area contributed by atoms with Crippen molar-refractivity contribution >= 4 is 11.6 Å². The Kier molecular flexibility index (Phi) is 5.05. The van der Waals surface area contributed by atoms with Gasteiger partial charge < -0.3 is 5.32 Å². The number of hydrogen-bond acceptors (Lipinski definition) is 2. The Balaban J connectivity index is 2.07. The summed E-state index contributed by atoms with van der Waals surface area (Å²) in [7, 11) is 0. The molecule has 4 heteroatoms. The zero-order valence-corrected chi connectivity index (χ0v) is 13.3. The molecule has 20 heavy (non-hydrogen) atoms. The maximum atomic E-state index is 13.1. The Morgan fingerprint density at radius 1 is 1.40 bits per heavy atom. The van der Waals surface area contributed by atoms with Gasteiger partial charge in [0, 0.05) is 24.2 Å². The molecular weight excluding hydrogens is 275 g/mol. The van der Waals surface area contributed by atoms with Gasteiger partial charge in [0.15, 0.2) is 0 Å². The van der Waals surface area contributed by atoms with Crippen LogP contribution in [0.1, 0.15) is 32.8 Å². The van der Waals surface area contributed by atoms with Crippen molar-refractivity contribution in [3.8, 4) is 0 Å². The zero-order chi connectivity index (χ0) is 14.8. The summed E-state index contributed by atoms with van der Waals surface area (Å²) in [6.07, 6.45) is 1.13. The SMILES string of the molecule is CC(C)(C)C1CN(Cc2ccc(F)cc2Cl)CCCN1. The summed E-state index contributed by atoms with van der Waals surface area (Å²) < 4.78 is 13.1. The third kappa shape index (κ3) is 4.18. The van der Waals surface area contributed by atoms with Gasteiger partial charge in [0.25, 0.3) is 0 Å². The molecule has 1 N–H and O–H groups in total. The van der Waals surface area contributed by atoms with Gasteiger partial charge in [0.05, 0.1) is 0 Å². The van der Waals surface area contributed by atoms with Crippen molar-refractivity contribution in [2.24, 2.45) is 5.41 Å². The van der Waals surface area contributed by atoms with Crippen LogP contribution in [0.3, 0.4) is 0 Å². The molecule has 1 aliphatic heterocycles. The average molecular weight is 299 g/mol. The summed E-state index contributed by atoms with van der Waals surface area (Å²) >= 11 is 6.13. The van der Waals surface area contributed by atoms with E-state index in [-0.39, 0.29) is 11.2 Å². The molecule has 1 atom stereocenters. The minimum Gasteiger partial charge on any atom is -0.312 e. The molecule has 2 rings (SSSR count). The molecule has 2 nitrogen and oxygen atoms in total. The minimum absolute atomic E-state index is 0.231. The smallest absolute Gasteiger partial charge is 0.124 e. The molecular formula is C16H24ClFN2. The van der Waals surface area contributed by atoms with E-state index in [1.807, 2.05) is 0 Å². The number of nitrogens with one attached hydrogen (secondary N) is 1. The third-order valence-corrected chi connectivity index (χ3v) is 4.29. The van der Waals surface area contributed by atoms with Crippen LogP contribution < -0.4 is 5.32 Å². The Hall–Kier alpha value is -0.640. The van der Waals surface area contributed by atoms with Gasteiger partial charge in [-0.05, 0) is 42.6 Å². The molecule has 0 spiro atoms. The van der Waals surface area contributed by atoms with Crippen LogP contribution in [0.2, 0.25) is 5.02 Å². The van der Waals surface area contributed by atoms with Gasteiger partial charge in [-0.3, -0.25) is 4.90 Å². The van der Waals surface area contributed by atoms with Crippen LogP contribution in [0, 0.1) is 11.2 Å². The lowest BCUT2D eigenvalue weighted by Gasteiger charge is -2.33. The van der Waals surface area contributed by atoms with Gasteiger partial charge in [0.1, 0.15) is 5.82 Å². The van der Waals surface area contributed by atoms with Gasteiger partial charge in [-0.15, -0.1) is 0 Å². The number of halogens is 2. The van der Waals surface area contributed by atoms with Gasteiger partial charge in [0.2, 0.25) is 0 Å². The average Bonchev–Trinajstić information content (AvgIpc) is 2.58. The van der Waals surface area contributed by atoms with Gasteiger partial charge in [-0.25, -0.2) is 4.39 Å². The molecule has 1 aromatic rings. The Morgan fingerprint density at radius 2 is 2.15 bits per heavy atom. The van der Waals surface area contributed by atoms with Gasteiger partial charge in [-0.2, -0.15) is 0 Å². The fraction of sp³-hybridized carbons (Fsp3) is 0.625. The Labute approximate surface area is 126 Å². The largest absolute Gasteiger partial charge is 0.312 e. The van der Waals surface area contributed by atoms with Crippen LogP contribution in [-0.4, -0.2) is 30.6 Å². The summed E-state index contributed by atoms with van der Waals surface area (Å²) in [5.41, 5.74) is 1.23. The molecule has 0 aliphatic carbocycles. The first kappa shape index (κ1) is 15.7. The highest BCUT2D eigenvalue weighted by atomic mass is 35.5. The van der Waals surface area contributed by atoms with E-state index in [0.29, 0.717) is 11.1 Å². The highest BCUT2D eigenvalue weighted by Crippen LogP contribution is 2.24. The second-order valence-electron chi connectivity index (χ2n) is 6.70. The second-order valence-corrected chi connectivity index (χ2v) is 7.10. The summed E-state index contributed by atoms with van der Waals surface area (Å²) in [4.78, 5) is 2.41. The van der Waals surface area contributed by atoms with E-state index in [0.717, 1.165) is 38.2 Å². The summed E-state index contributed by atoms with van der Waals surface area (Å²) in [5, 5.41) is 4.15. The van der Waals surface area contributed by atoms with Crippen LogP contribution >= 0.6 is 11.6 Å². The molecule has 1 aliphatic rings. The van der Waals surface area contributed by atoms with E-state index in [2.05, 4.69) is 31.0 Å². The Morgan fingerprint density at radius 3 is 2.80 bits per heavy atom. The molecule has 112 valence electrons. The van der Waals surface area contributed by atoms with Gasteiger partial charge in [-0.1, -0.05) is 38.4 Å². The molecule has 0 radical (unpaired) electrons. The number of hydrogen-bond donors (Lipinski definition) is 1. The molecule has 1 unspecified atom stereocenters. The van der Waals surface area contributed by atoms with Crippen LogP contribution in [0.4, 0.5) is 4.39 Å². The quantitative estimate of drug-likeness (QED) is 0.896. The normalized spacial score (nSPS) is 21.8. The predicted molar refractivity (Wildman–Crippen MR) is 82.5 cm³/mol. The topological polar surface area (TPSA) is 15.3 Å². The zero-order valence-electron chi connectivity index (χ0n) is 12.5.